The maximum absolute atomic E-state index is 13.2. The minimum Gasteiger partial charge on any atom is -0.293 e. The van der Waals surface area contributed by atoms with Crippen molar-refractivity contribution < 1.29 is 9.18 Å². The molecule has 0 saturated heterocycles. The van der Waals surface area contributed by atoms with E-state index in [4.69, 9.17) is 0 Å². The van der Waals surface area contributed by atoms with Crippen molar-refractivity contribution >= 4 is 17.1 Å². The highest BCUT2D eigenvalue weighted by Gasteiger charge is 2.21. The summed E-state index contributed by atoms with van der Waals surface area (Å²) in [6.07, 6.45) is 0.475. The molecular formula is C20H17FOS. The third-order valence-electron chi connectivity index (χ3n) is 3.89. The molecule has 0 amide bonds. The monoisotopic (exact) mass is 324 g/mol. The molecule has 116 valence electrons. The van der Waals surface area contributed by atoms with E-state index in [2.05, 4.69) is 0 Å². The van der Waals surface area contributed by atoms with Gasteiger partial charge in [0.1, 0.15) is 5.82 Å². The van der Waals surface area contributed by atoms with Crippen LogP contribution >= 0.6 is 11.3 Å². The molecule has 23 heavy (non-hydrogen) atoms. The first-order chi connectivity index (χ1) is 11.1. The lowest BCUT2D eigenvalue weighted by Crippen LogP contribution is -1.95. The van der Waals surface area contributed by atoms with Gasteiger partial charge in [0.2, 0.25) is 0 Å². The highest BCUT2D eigenvalue weighted by molar-refractivity contribution is 7.18. The number of Topliss-reactive ketones (excluding diaryl/α,β-unsaturated/α-hetero) is 1. The SMILES string of the molecule is CCC(=O)c1sc(-c2ccc(F)cc2)c(C)c1-c1ccccc1. The van der Waals surface area contributed by atoms with Crippen molar-refractivity contribution in [1.82, 2.24) is 0 Å². The lowest BCUT2D eigenvalue weighted by molar-refractivity contribution is 0.0992. The summed E-state index contributed by atoms with van der Waals surface area (Å²) in [5, 5.41) is 0. The summed E-state index contributed by atoms with van der Waals surface area (Å²) in [4.78, 5) is 14.2. The number of ketones is 1. The number of hydrogen-bond donors (Lipinski definition) is 0. The zero-order chi connectivity index (χ0) is 16.4. The van der Waals surface area contributed by atoms with Crippen LogP contribution in [-0.4, -0.2) is 5.78 Å². The standard InChI is InChI=1S/C20H17FOS/c1-3-17(22)20-18(14-7-5-4-6-8-14)13(2)19(23-20)15-9-11-16(21)12-10-15/h4-12H,3H2,1-2H3. The van der Waals surface area contributed by atoms with Gasteiger partial charge in [-0.05, 0) is 35.7 Å². The van der Waals surface area contributed by atoms with Crippen LogP contribution in [0.4, 0.5) is 4.39 Å². The molecule has 0 N–H and O–H groups in total. The van der Waals surface area contributed by atoms with Crippen LogP contribution < -0.4 is 0 Å². The Morgan fingerprint density at radius 3 is 2.26 bits per heavy atom. The quantitative estimate of drug-likeness (QED) is 0.528. The van der Waals surface area contributed by atoms with Gasteiger partial charge in [0.05, 0.1) is 4.88 Å². The van der Waals surface area contributed by atoms with E-state index in [1.54, 1.807) is 12.1 Å². The summed E-state index contributed by atoms with van der Waals surface area (Å²) in [6.45, 7) is 3.91. The van der Waals surface area contributed by atoms with Gasteiger partial charge in [0, 0.05) is 16.9 Å². The molecule has 0 atom stereocenters. The van der Waals surface area contributed by atoms with Gasteiger partial charge in [-0.3, -0.25) is 4.79 Å². The molecule has 0 saturated carbocycles. The average molecular weight is 324 g/mol. The first kappa shape index (κ1) is 15.6. The van der Waals surface area contributed by atoms with Gasteiger partial charge in [0.25, 0.3) is 0 Å². The molecule has 0 unspecified atom stereocenters. The molecule has 0 aliphatic carbocycles. The minimum absolute atomic E-state index is 0.144. The largest absolute Gasteiger partial charge is 0.293 e. The Bertz CT molecular complexity index is 832. The van der Waals surface area contributed by atoms with E-state index in [0.717, 1.165) is 32.0 Å². The molecule has 0 bridgehead atoms. The number of carbonyl (C=O) groups excluding carboxylic acids is 1. The molecular weight excluding hydrogens is 307 g/mol. The van der Waals surface area contributed by atoms with Crippen molar-refractivity contribution in [2.75, 3.05) is 0 Å². The maximum Gasteiger partial charge on any atom is 0.173 e. The average Bonchev–Trinajstić information content (AvgIpc) is 2.93. The Morgan fingerprint density at radius 2 is 1.65 bits per heavy atom. The second kappa shape index (κ2) is 6.47. The van der Waals surface area contributed by atoms with Gasteiger partial charge in [-0.1, -0.05) is 49.4 Å². The molecule has 3 rings (SSSR count). The zero-order valence-electron chi connectivity index (χ0n) is 13.1. The number of rotatable bonds is 4. The fourth-order valence-electron chi connectivity index (χ4n) is 2.70. The fourth-order valence-corrected chi connectivity index (χ4v) is 4.04. The van der Waals surface area contributed by atoms with Gasteiger partial charge in [0.15, 0.2) is 5.78 Å². The topological polar surface area (TPSA) is 17.1 Å². The first-order valence-electron chi connectivity index (χ1n) is 7.59. The van der Waals surface area contributed by atoms with Crippen molar-refractivity contribution in [3.63, 3.8) is 0 Å². The molecule has 3 aromatic rings. The van der Waals surface area contributed by atoms with Crippen LogP contribution in [-0.2, 0) is 0 Å². The van der Waals surface area contributed by atoms with Crippen LogP contribution in [0.2, 0.25) is 0 Å². The number of hydrogen-bond acceptors (Lipinski definition) is 2. The van der Waals surface area contributed by atoms with E-state index in [1.165, 1.54) is 23.5 Å². The van der Waals surface area contributed by atoms with E-state index in [1.807, 2.05) is 44.2 Å². The summed E-state index contributed by atoms with van der Waals surface area (Å²) in [6, 6.07) is 16.4. The van der Waals surface area contributed by atoms with Gasteiger partial charge in [-0.15, -0.1) is 11.3 Å². The molecule has 0 radical (unpaired) electrons. The number of halogens is 1. The summed E-state index contributed by atoms with van der Waals surface area (Å²) >= 11 is 1.50. The van der Waals surface area contributed by atoms with Crippen LogP contribution in [0.3, 0.4) is 0 Å². The summed E-state index contributed by atoms with van der Waals surface area (Å²) in [5.41, 5.74) is 4.07. The van der Waals surface area contributed by atoms with Crippen molar-refractivity contribution in [2.24, 2.45) is 0 Å². The number of carbonyl (C=O) groups is 1. The molecule has 3 heteroatoms. The summed E-state index contributed by atoms with van der Waals surface area (Å²) in [7, 11) is 0. The minimum atomic E-state index is -0.254. The molecule has 1 heterocycles. The molecule has 1 aromatic heterocycles. The third kappa shape index (κ3) is 2.97. The van der Waals surface area contributed by atoms with E-state index >= 15 is 0 Å². The Balaban J connectivity index is 2.22. The first-order valence-corrected chi connectivity index (χ1v) is 8.41. The lowest BCUT2D eigenvalue weighted by Gasteiger charge is -2.05. The number of thiophene rings is 1. The zero-order valence-corrected chi connectivity index (χ0v) is 13.9. The smallest absolute Gasteiger partial charge is 0.173 e. The molecule has 0 fully saturated rings. The van der Waals surface area contributed by atoms with Crippen LogP contribution in [0.15, 0.2) is 54.6 Å². The van der Waals surface area contributed by atoms with Gasteiger partial charge >= 0.3 is 0 Å². The highest BCUT2D eigenvalue weighted by atomic mass is 32.1. The lowest BCUT2D eigenvalue weighted by atomic mass is 9.97. The third-order valence-corrected chi connectivity index (χ3v) is 5.27. The van der Waals surface area contributed by atoms with Crippen LogP contribution in [0, 0.1) is 12.7 Å². The summed E-state index contributed by atoms with van der Waals surface area (Å²) < 4.78 is 13.2. The van der Waals surface area contributed by atoms with Gasteiger partial charge < -0.3 is 0 Å². The van der Waals surface area contributed by atoms with Gasteiger partial charge in [-0.2, -0.15) is 0 Å². The normalized spacial score (nSPS) is 10.7. The number of benzene rings is 2. The summed E-state index contributed by atoms with van der Waals surface area (Å²) in [5.74, 6) is -0.110. The second-order valence-electron chi connectivity index (χ2n) is 5.41. The fraction of sp³-hybridized carbons (Fsp3) is 0.150. The van der Waals surface area contributed by atoms with Crippen LogP contribution in [0.5, 0.6) is 0 Å². The second-order valence-corrected chi connectivity index (χ2v) is 6.43. The predicted molar refractivity (Wildman–Crippen MR) is 94.5 cm³/mol. The molecule has 0 aliphatic rings. The Kier molecular flexibility index (Phi) is 4.39. The van der Waals surface area contributed by atoms with Crippen molar-refractivity contribution in [3.8, 4) is 21.6 Å². The highest BCUT2D eigenvalue weighted by Crippen LogP contribution is 2.42. The van der Waals surface area contributed by atoms with E-state index in [0.29, 0.717) is 6.42 Å². The van der Waals surface area contributed by atoms with E-state index in [-0.39, 0.29) is 11.6 Å². The van der Waals surface area contributed by atoms with Crippen molar-refractivity contribution in [3.05, 3.63) is 70.9 Å². The van der Waals surface area contributed by atoms with E-state index in [9.17, 15) is 9.18 Å². The predicted octanol–water partition coefficient (Wildman–Crippen LogP) is 6.12. The Hall–Kier alpha value is -2.26. The molecule has 0 spiro atoms. The van der Waals surface area contributed by atoms with E-state index < -0.39 is 0 Å². The van der Waals surface area contributed by atoms with Crippen molar-refractivity contribution in [1.29, 1.82) is 0 Å². The molecule has 2 aromatic carbocycles. The Morgan fingerprint density at radius 1 is 1.00 bits per heavy atom. The van der Waals surface area contributed by atoms with Crippen molar-refractivity contribution in [2.45, 2.75) is 20.3 Å². The van der Waals surface area contributed by atoms with Gasteiger partial charge in [-0.25, -0.2) is 4.39 Å². The molecule has 0 aliphatic heterocycles. The van der Waals surface area contributed by atoms with Crippen LogP contribution in [0.25, 0.3) is 21.6 Å². The maximum atomic E-state index is 13.2. The Labute approximate surface area is 139 Å². The molecule has 1 nitrogen and oxygen atoms in total. The van der Waals surface area contributed by atoms with Crippen LogP contribution in [0.1, 0.15) is 28.6 Å².